The maximum absolute atomic E-state index is 12.4. The van der Waals surface area contributed by atoms with E-state index in [1.54, 1.807) is 19.1 Å². The van der Waals surface area contributed by atoms with Gasteiger partial charge in [-0.2, -0.15) is 0 Å². The van der Waals surface area contributed by atoms with Gasteiger partial charge >= 0.3 is 18.0 Å². The second-order valence-corrected chi connectivity index (χ2v) is 6.03. The van der Waals surface area contributed by atoms with Gasteiger partial charge in [-0.25, -0.2) is 14.4 Å². The van der Waals surface area contributed by atoms with Gasteiger partial charge in [0.25, 0.3) is 0 Å². The summed E-state index contributed by atoms with van der Waals surface area (Å²) in [4.78, 5) is 36.6. The average Bonchev–Trinajstić information content (AvgIpc) is 2.65. The van der Waals surface area contributed by atoms with Crippen LogP contribution in [-0.2, 0) is 14.3 Å². The topological polar surface area (TPSA) is 103 Å². The number of carbonyl (C=O) groups is 3. The molecule has 8 nitrogen and oxygen atoms in total. The zero-order valence-electron chi connectivity index (χ0n) is 15.3. The quantitative estimate of drug-likeness (QED) is 0.686. The van der Waals surface area contributed by atoms with Crippen LogP contribution >= 0.6 is 11.6 Å². The minimum absolute atomic E-state index is 0.135. The van der Waals surface area contributed by atoms with Crippen LogP contribution in [0.3, 0.4) is 0 Å². The van der Waals surface area contributed by atoms with E-state index < -0.39 is 24.0 Å². The lowest BCUT2D eigenvalue weighted by Crippen LogP contribution is -2.51. The van der Waals surface area contributed by atoms with Crippen LogP contribution in [0.25, 0.3) is 0 Å². The molecule has 1 heterocycles. The highest BCUT2D eigenvalue weighted by Crippen LogP contribution is 2.24. The van der Waals surface area contributed by atoms with Crippen molar-refractivity contribution in [3.05, 3.63) is 40.1 Å². The standard InChI is InChI=1S/C18H21ClN2O6/c1-4-12-15(17(23)26-5-2)13(21-18(24)20-12)9-27-16(22)11-8-10(19)6-7-14(11)25-3/h6-8,12H,4-5,9H2,1-3H3,(H2,20,21,24)/t12-/m0/s1. The number of hydrogen-bond donors (Lipinski definition) is 2. The third-order valence-corrected chi connectivity index (χ3v) is 4.11. The number of halogens is 1. The molecule has 2 N–H and O–H groups in total. The predicted molar refractivity (Wildman–Crippen MR) is 97.7 cm³/mol. The summed E-state index contributed by atoms with van der Waals surface area (Å²) in [6, 6.07) is 3.52. The summed E-state index contributed by atoms with van der Waals surface area (Å²) in [6.45, 7) is 3.36. The Morgan fingerprint density at radius 3 is 2.56 bits per heavy atom. The molecule has 0 aliphatic carbocycles. The normalized spacial score (nSPS) is 16.3. The Morgan fingerprint density at radius 1 is 1.19 bits per heavy atom. The zero-order valence-corrected chi connectivity index (χ0v) is 16.0. The highest BCUT2D eigenvalue weighted by molar-refractivity contribution is 6.31. The van der Waals surface area contributed by atoms with Crippen LogP contribution in [0.5, 0.6) is 5.75 Å². The van der Waals surface area contributed by atoms with Crippen LogP contribution in [0.2, 0.25) is 5.02 Å². The monoisotopic (exact) mass is 396 g/mol. The van der Waals surface area contributed by atoms with E-state index in [1.165, 1.54) is 13.2 Å². The maximum Gasteiger partial charge on any atom is 0.342 e. The van der Waals surface area contributed by atoms with E-state index in [9.17, 15) is 14.4 Å². The first kappa shape index (κ1) is 20.6. The van der Waals surface area contributed by atoms with Crippen molar-refractivity contribution >= 4 is 29.6 Å². The largest absolute Gasteiger partial charge is 0.496 e. The predicted octanol–water partition coefficient (Wildman–Crippen LogP) is 2.41. The molecule has 27 heavy (non-hydrogen) atoms. The number of hydrogen-bond acceptors (Lipinski definition) is 6. The number of urea groups is 1. The molecule has 9 heteroatoms. The molecule has 0 fully saturated rings. The van der Waals surface area contributed by atoms with Crippen LogP contribution < -0.4 is 15.4 Å². The SMILES string of the molecule is CCOC(=O)C1=C(COC(=O)c2cc(Cl)ccc2OC)NC(=O)N[C@H]1CC. The first-order valence-corrected chi connectivity index (χ1v) is 8.77. The Balaban J connectivity index is 2.26. The van der Waals surface area contributed by atoms with Crippen molar-refractivity contribution in [2.24, 2.45) is 0 Å². The third-order valence-electron chi connectivity index (χ3n) is 3.88. The summed E-state index contributed by atoms with van der Waals surface area (Å²) in [5, 5.41) is 5.50. The van der Waals surface area contributed by atoms with Crippen molar-refractivity contribution in [2.45, 2.75) is 26.3 Å². The Morgan fingerprint density at radius 2 is 1.93 bits per heavy atom. The fourth-order valence-corrected chi connectivity index (χ4v) is 2.80. The van der Waals surface area contributed by atoms with E-state index in [4.69, 9.17) is 25.8 Å². The molecule has 1 atom stereocenters. The molecule has 0 saturated carbocycles. The highest BCUT2D eigenvalue weighted by atomic mass is 35.5. The first-order valence-electron chi connectivity index (χ1n) is 8.39. The van der Waals surface area contributed by atoms with E-state index in [2.05, 4.69) is 10.6 Å². The van der Waals surface area contributed by atoms with Gasteiger partial charge in [0.1, 0.15) is 17.9 Å². The van der Waals surface area contributed by atoms with Crippen LogP contribution in [0.4, 0.5) is 4.79 Å². The van der Waals surface area contributed by atoms with E-state index in [-0.39, 0.29) is 30.0 Å². The molecule has 0 unspecified atom stereocenters. The molecule has 0 spiro atoms. The summed E-state index contributed by atoms with van der Waals surface area (Å²) in [5.74, 6) is -0.987. The number of carbonyl (C=O) groups excluding carboxylic acids is 3. The number of benzene rings is 1. The average molecular weight is 397 g/mol. The number of amides is 2. The molecule has 0 aromatic heterocycles. The number of rotatable bonds is 7. The number of esters is 2. The first-order chi connectivity index (χ1) is 12.9. The highest BCUT2D eigenvalue weighted by Gasteiger charge is 2.32. The molecule has 1 aromatic carbocycles. The molecule has 2 rings (SSSR count). The van der Waals surface area contributed by atoms with Gasteiger partial charge < -0.3 is 24.8 Å². The zero-order chi connectivity index (χ0) is 20.0. The molecule has 2 amide bonds. The summed E-state index contributed by atoms with van der Waals surface area (Å²) in [6.07, 6.45) is 0.473. The Bertz CT molecular complexity index is 777. The molecular formula is C18H21ClN2O6. The summed E-state index contributed by atoms with van der Waals surface area (Å²) < 4.78 is 15.5. The van der Waals surface area contributed by atoms with Crippen LogP contribution in [0, 0.1) is 0 Å². The van der Waals surface area contributed by atoms with Crippen molar-refractivity contribution in [3.63, 3.8) is 0 Å². The fourth-order valence-electron chi connectivity index (χ4n) is 2.63. The van der Waals surface area contributed by atoms with E-state index in [1.807, 2.05) is 6.92 Å². The Kier molecular flexibility index (Phi) is 7.06. The fraction of sp³-hybridized carbons (Fsp3) is 0.389. The van der Waals surface area contributed by atoms with Gasteiger partial charge in [-0.3, -0.25) is 0 Å². The van der Waals surface area contributed by atoms with Crippen molar-refractivity contribution in [1.82, 2.24) is 10.6 Å². The second-order valence-electron chi connectivity index (χ2n) is 5.59. The van der Waals surface area contributed by atoms with E-state index >= 15 is 0 Å². The summed E-state index contributed by atoms with van der Waals surface area (Å²) in [5.41, 5.74) is 0.541. The second kappa shape index (κ2) is 9.27. The lowest BCUT2D eigenvalue weighted by Gasteiger charge is -2.28. The van der Waals surface area contributed by atoms with Gasteiger partial charge in [0, 0.05) is 5.02 Å². The van der Waals surface area contributed by atoms with E-state index in [0.29, 0.717) is 17.2 Å². The molecule has 0 bridgehead atoms. The minimum atomic E-state index is -0.703. The Hall–Kier alpha value is -2.74. The lowest BCUT2D eigenvalue weighted by atomic mass is 10.0. The molecule has 1 aromatic rings. The van der Waals surface area contributed by atoms with Crippen molar-refractivity contribution in [1.29, 1.82) is 0 Å². The molecular weight excluding hydrogens is 376 g/mol. The third kappa shape index (κ3) is 4.91. The minimum Gasteiger partial charge on any atom is -0.496 e. The Labute approximate surface area is 161 Å². The van der Waals surface area contributed by atoms with Crippen LogP contribution in [-0.4, -0.2) is 44.3 Å². The molecule has 0 radical (unpaired) electrons. The number of nitrogens with one attached hydrogen (secondary N) is 2. The molecule has 146 valence electrons. The van der Waals surface area contributed by atoms with Crippen molar-refractivity contribution < 1.29 is 28.6 Å². The van der Waals surface area contributed by atoms with Gasteiger partial charge in [0.05, 0.1) is 31.0 Å². The van der Waals surface area contributed by atoms with Gasteiger partial charge in [-0.05, 0) is 31.5 Å². The van der Waals surface area contributed by atoms with Crippen molar-refractivity contribution in [2.75, 3.05) is 20.3 Å². The summed E-state index contributed by atoms with van der Waals surface area (Å²) >= 11 is 5.92. The van der Waals surface area contributed by atoms with Gasteiger partial charge in [-0.15, -0.1) is 0 Å². The van der Waals surface area contributed by atoms with Crippen LogP contribution in [0.15, 0.2) is 29.5 Å². The van der Waals surface area contributed by atoms with Crippen LogP contribution in [0.1, 0.15) is 30.6 Å². The number of methoxy groups -OCH3 is 1. The van der Waals surface area contributed by atoms with Gasteiger partial charge in [-0.1, -0.05) is 18.5 Å². The lowest BCUT2D eigenvalue weighted by molar-refractivity contribution is -0.139. The molecule has 1 aliphatic rings. The van der Waals surface area contributed by atoms with Gasteiger partial charge in [0.15, 0.2) is 0 Å². The van der Waals surface area contributed by atoms with E-state index in [0.717, 1.165) is 0 Å². The number of ether oxygens (including phenoxy) is 3. The van der Waals surface area contributed by atoms with Gasteiger partial charge in [0.2, 0.25) is 0 Å². The summed E-state index contributed by atoms with van der Waals surface area (Å²) in [7, 11) is 1.42. The van der Waals surface area contributed by atoms with Crippen molar-refractivity contribution in [3.8, 4) is 5.75 Å². The molecule has 0 saturated heterocycles. The molecule has 1 aliphatic heterocycles. The smallest absolute Gasteiger partial charge is 0.342 e. The maximum atomic E-state index is 12.4.